The van der Waals surface area contributed by atoms with Crippen LogP contribution in [0.25, 0.3) is 6.08 Å². The molecule has 2 amide bonds. The van der Waals surface area contributed by atoms with Gasteiger partial charge in [-0.3, -0.25) is 14.5 Å². The van der Waals surface area contributed by atoms with Gasteiger partial charge in [-0.2, -0.15) is 0 Å². The first-order valence-corrected chi connectivity index (χ1v) is 9.20. The molecule has 1 saturated heterocycles. The molecule has 0 aliphatic carbocycles. The van der Waals surface area contributed by atoms with E-state index < -0.39 is 17.0 Å². The maximum Gasteiger partial charge on any atom is 0.293 e. The SMILES string of the molecule is C=CCOc1cccc(/C=C2/SC(=O)N(Cc3ccc(F)cc3Cl)C2=O)c1. The summed E-state index contributed by atoms with van der Waals surface area (Å²) in [5.74, 6) is -0.250. The highest BCUT2D eigenvalue weighted by Crippen LogP contribution is 2.34. The summed E-state index contributed by atoms with van der Waals surface area (Å²) in [6.45, 7) is 3.96. The van der Waals surface area contributed by atoms with Crippen molar-refractivity contribution in [1.29, 1.82) is 0 Å². The van der Waals surface area contributed by atoms with E-state index in [0.29, 0.717) is 22.8 Å². The van der Waals surface area contributed by atoms with Gasteiger partial charge in [0.25, 0.3) is 11.1 Å². The lowest BCUT2D eigenvalue weighted by molar-refractivity contribution is -0.123. The summed E-state index contributed by atoms with van der Waals surface area (Å²) in [6.07, 6.45) is 3.27. The van der Waals surface area contributed by atoms with Crippen LogP contribution in [0.2, 0.25) is 5.02 Å². The average Bonchev–Trinajstić information content (AvgIpc) is 2.90. The van der Waals surface area contributed by atoms with Crippen molar-refractivity contribution in [2.75, 3.05) is 6.61 Å². The van der Waals surface area contributed by atoms with E-state index in [2.05, 4.69) is 6.58 Å². The van der Waals surface area contributed by atoms with Crippen LogP contribution in [0, 0.1) is 5.82 Å². The van der Waals surface area contributed by atoms with Crippen LogP contribution in [-0.4, -0.2) is 22.7 Å². The van der Waals surface area contributed by atoms with Gasteiger partial charge in [0, 0.05) is 5.02 Å². The molecule has 7 heteroatoms. The molecule has 1 fully saturated rings. The van der Waals surface area contributed by atoms with E-state index in [0.717, 1.165) is 28.3 Å². The lowest BCUT2D eigenvalue weighted by Gasteiger charge is -2.13. The van der Waals surface area contributed by atoms with E-state index in [1.807, 2.05) is 6.07 Å². The fourth-order valence-electron chi connectivity index (χ4n) is 2.46. The summed E-state index contributed by atoms with van der Waals surface area (Å²) < 4.78 is 18.6. The average molecular weight is 404 g/mol. The number of hydrogen-bond acceptors (Lipinski definition) is 4. The van der Waals surface area contributed by atoms with Crippen LogP contribution in [0.4, 0.5) is 9.18 Å². The van der Waals surface area contributed by atoms with Gasteiger partial charge < -0.3 is 4.74 Å². The topological polar surface area (TPSA) is 46.6 Å². The van der Waals surface area contributed by atoms with Crippen molar-refractivity contribution in [1.82, 2.24) is 4.90 Å². The third kappa shape index (κ3) is 4.59. The molecule has 0 saturated carbocycles. The predicted molar refractivity (Wildman–Crippen MR) is 105 cm³/mol. The Morgan fingerprint density at radius 3 is 2.78 bits per heavy atom. The Hall–Kier alpha value is -2.57. The summed E-state index contributed by atoms with van der Waals surface area (Å²) >= 11 is 6.85. The Kier molecular flexibility index (Phi) is 5.98. The van der Waals surface area contributed by atoms with Crippen molar-refractivity contribution in [3.63, 3.8) is 0 Å². The second kappa shape index (κ2) is 8.41. The Morgan fingerprint density at radius 2 is 2.04 bits per heavy atom. The standard InChI is InChI=1S/C20H15ClFNO3S/c1-2-8-26-16-5-3-4-13(9-16)10-18-19(24)23(20(25)27-18)12-14-6-7-15(22)11-17(14)21/h2-7,9-11H,1,8,12H2/b18-10+. The van der Waals surface area contributed by atoms with Crippen molar-refractivity contribution in [2.45, 2.75) is 6.54 Å². The largest absolute Gasteiger partial charge is 0.490 e. The van der Waals surface area contributed by atoms with Gasteiger partial charge in [-0.05, 0) is 53.2 Å². The number of halogens is 2. The molecule has 0 unspecified atom stereocenters. The molecule has 0 N–H and O–H groups in total. The molecule has 1 aliphatic heterocycles. The molecule has 1 aliphatic rings. The zero-order chi connectivity index (χ0) is 19.4. The quantitative estimate of drug-likeness (QED) is 0.486. The molecule has 2 aromatic carbocycles. The van der Waals surface area contributed by atoms with Crippen LogP contribution < -0.4 is 4.74 Å². The smallest absolute Gasteiger partial charge is 0.293 e. The first-order valence-electron chi connectivity index (χ1n) is 8.01. The van der Waals surface area contributed by atoms with E-state index in [1.165, 1.54) is 12.1 Å². The molecule has 0 radical (unpaired) electrons. The van der Waals surface area contributed by atoms with E-state index in [1.54, 1.807) is 30.4 Å². The van der Waals surface area contributed by atoms with E-state index in [-0.39, 0.29) is 11.6 Å². The summed E-state index contributed by atoms with van der Waals surface area (Å²) in [5, 5.41) is -0.226. The molecule has 0 aromatic heterocycles. The van der Waals surface area contributed by atoms with E-state index >= 15 is 0 Å². The molecule has 4 nitrogen and oxygen atoms in total. The number of imide groups is 1. The van der Waals surface area contributed by atoms with Gasteiger partial charge in [0.05, 0.1) is 11.4 Å². The molecule has 138 valence electrons. The second-order valence-corrected chi connectivity index (χ2v) is 7.08. The van der Waals surface area contributed by atoms with Crippen molar-refractivity contribution in [2.24, 2.45) is 0 Å². The Balaban J connectivity index is 1.79. The summed E-state index contributed by atoms with van der Waals surface area (Å²) in [4.78, 5) is 26.3. The Morgan fingerprint density at radius 1 is 1.22 bits per heavy atom. The number of nitrogens with zero attached hydrogens (tertiary/aromatic N) is 1. The molecule has 1 heterocycles. The predicted octanol–water partition coefficient (Wildman–Crippen LogP) is 5.28. The lowest BCUT2D eigenvalue weighted by Crippen LogP contribution is -2.27. The van der Waals surface area contributed by atoms with Crippen LogP contribution in [0.15, 0.2) is 60.0 Å². The lowest BCUT2D eigenvalue weighted by atomic mass is 10.2. The van der Waals surface area contributed by atoms with Crippen LogP contribution in [0.3, 0.4) is 0 Å². The molecule has 0 atom stereocenters. The number of thioether (sulfide) groups is 1. The first-order chi connectivity index (χ1) is 13.0. The van der Waals surface area contributed by atoms with Crippen molar-refractivity contribution >= 4 is 40.6 Å². The van der Waals surface area contributed by atoms with Gasteiger partial charge in [0.1, 0.15) is 18.2 Å². The number of carbonyl (C=O) groups excluding carboxylic acids is 2. The third-order valence-corrected chi connectivity index (χ3v) is 5.00. The Bertz CT molecular complexity index is 945. The monoisotopic (exact) mass is 403 g/mol. The highest BCUT2D eigenvalue weighted by molar-refractivity contribution is 8.18. The molecule has 2 aromatic rings. The minimum absolute atomic E-state index is 0.0103. The summed E-state index contributed by atoms with van der Waals surface area (Å²) in [5.41, 5.74) is 1.24. The minimum atomic E-state index is -0.476. The maximum atomic E-state index is 13.2. The highest BCUT2D eigenvalue weighted by Gasteiger charge is 2.35. The van der Waals surface area contributed by atoms with Gasteiger partial charge in [0.2, 0.25) is 0 Å². The third-order valence-electron chi connectivity index (χ3n) is 3.74. The molecular weight excluding hydrogens is 389 g/mol. The van der Waals surface area contributed by atoms with Crippen LogP contribution in [-0.2, 0) is 11.3 Å². The van der Waals surface area contributed by atoms with Crippen LogP contribution in [0.1, 0.15) is 11.1 Å². The number of amides is 2. The van der Waals surface area contributed by atoms with Crippen LogP contribution in [0.5, 0.6) is 5.75 Å². The normalized spacial score (nSPS) is 15.5. The summed E-state index contributed by atoms with van der Waals surface area (Å²) in [6, 6.07) is 11.0. The van der Waals surface area contributed by atoms with Gasteiger partial charge in [-0.25, -0.2) is 4.39 Å². The van der Waals surface area contributed by atoms with Gasteiger partial charge in [-0.15, -0.1) is 0 Å². The minimum Gasteiger partial charge on any atom is -0.490 e. The number of ether oxygens (including phenoxy) is 1. The Labute approximate surface area is 165 Å². The highest BCUT2D eigenvalue weighted by atomic mass is 35.5. The number of rotatable bonds is 6. The van der Waals surface area contributed by atoms with Gasteiger partial charge in [0.15, 0.2) is 0 Å². The molecular formula is C20H15ClFNO3S. The fourth-order valence-corrected chi connectivity index (χ4v) is 3.52. The van der Waals surface area contributed by atoms with Crippen LogP contribution >= 0.6 is 23.4 Å². The first kappa shape index (κ1) is 19.2. The molecule has 0 spiro atoms. The van der Waals surface area contributed by atoms with Crippen molar-refractivity contribution < 1.29 is 18.7 Å². The zero-order valence-electron chi connectivity index (χ0n) is 14.2. The second-order valence-electron chi connectivity index (χ2n) is 5.68. The fraction of sp³-hybridized carbons (Fsp3) is 0.100. The van der Waals surface area contributed by atoms with E-state index in [4.69, 9.17) is 16.3 Å². The molecule has 27 heavy (non-hydrogen) atoms. The number of hydrogen-bond donors (Lipinski definition) is 0. The molecule has 0 bridgehead atoms. The number of benzene rings is 2. The zero-order valence-corrected chi connectivity index (χ0v) is 15.7. The number of carbonyl (C=O) groups is 2. The molecule has 3 rings (SSSR count). The van der Waals surface area contributed by atoms with Gasteiger partial charge in [-0.1, -0.05) is 42.5 Å². The maximum absolute atomic E-state index is 13.2. The van der Waals surface area contributed by atoms with Crippen molar-refractivity contribution in [3.8, 4) is 5.75 Å². The van der Waals surface area contributed by atoms with E-state index in [9.17, 15) is 14.0 Å². The van der Waals surface area contributed by atoms with Crippen molar-refractivity contribution in [3.05, 3.63) is 82.0 Å². The van der Waals surface area contributed by atoms with Gasteiger partial charge >= 0.3 is 0 Å². The summed E-state index contributed by atoms with van der Waals surface area (Å²) in [7, 11) is 0.